The molecule has 0 aromatic rings. The summed E-state index contributed by atoms with van der Waals surface area (Å²) in [5.74, 6) is 0. The third-order valence-corrected chi connectivity index (χ3v) is 2.66. The molecular formula is C11H21N. The zero-order chi connectivity index (χ0) is 9.19. The van der Waals surface area contributed by atoms with Gasteiger partial charge in [-0.1, -0.05) is 38.8 Å². The molecule has 1 N–H and O–H groups in total. The predicted molar refractivity (Wildman–Crippen MR) is 54.3 cm³/mol. The lowest BCUT2D eigenvalue weighted by molar-refractivity contribution is 0.453. The van der Waals surface area contributed by atoms with Gasteiger partial charge >= 0.3 is 0 Å². The van der Waals surface area contributed by atoms with Crippen LogP contribution in [0.15, 0.2) is 11.1 Å². The van der Waals surface area contributed by atoms with Crippen molar-refractivity contribution in [2.45, 2.75) is 40.5 Å². The van der Waals surface area contributed by atoms with E-state index < -0.39 is 0 Å². The van der Waals surface area contributed by atoms with E-state index in [0.717, 1.165) is 6.54 Å². The third-order valence-electron chi connectivity index (χ3n) is 2.66. The fourth-order valence-corrected chi connectivity index (χ4v) is 1.91. The molecule has 1 aliphatic rings. The summed E-state index contributed by atoms with van der Waals surface area (Å²) in [5.41, 5.74) is 3.68. The summed E-state index contributed by atoms with van der Waals surface area (Å²) < 4.78 is 0. The van der Waals surface area contributed by atoms with E-state index in [1.807, 2.05) is 0 Å². The van der Waals surface area contributed by atoms with Crippen LogP contribution in [-0.4, -0.2) is 13.1 Å². The minimum absolute atomic E-state index is 0.360. The number of nitrogens with one attached hydrogen (secondary N) is 1. The maximum absolute atomic E-state index is 3.45. The highest BCUT2D eigenvalue weighted by molar-refractivity contribution is 5.23. The van der Waals surface area contributed by atoms with Gasteiger partial charge in [0.15, 0.2) is 0 Å². The SMILES string of the molecule is CCC1=C(C(C)(C)C)CNCC1. The van der Waals surface area contributed by atoms with E-state index >= 15 is 0 Å². The summed E-state index contributed by atoms with van der Waals surface area (Å²) in [4.78, 5) is 0. The number of hydrogen-bond acceptors (Lipinski definition) is 1. The van der Waals surface area contributed by atoms with Gasteiger partial charge in [-0.2, -0.15) is 0 Å². The quantitative estimate of drug-likeness (QED) is 0.592. The molecule has 1 heteroatoms. The van der Waals surface area contributed by atoms with Gasteiger partial charge in [-0.15, -0.1) is 0 Å². The first-order chi connectivity index (χ1) is 5.55. The van der Waals surface area contributed by atoms with Crippen molar-refractivity contribution in [2.75, 3.05) is 13.1 Å². The van der Waals surface area contributed by atoms with Crippen LogP contribution in [0.25, 0.3) is 0 Å². The summed E-state index contributed by atoms with van der Waals surface area (Å²) in [6.07, 6.45) is 2.48. The molecule has 0 atom stereocenters. The fraction of sp³-hybridized carbons (Fsp3) is 0.818. The highest BCUT2D eigenvalue weighted by atomic mass is 14.9. The third kappa shape index (κ3) is 2.10. The van der Waals surface area contributed by atoms with Crippen LogP contribution in [0.3, 0.4) is 0 Å². The summed E-state index contributed by atoms with van der Waals surface area (Å²) in [5, 5.41) is 3.45. The first-order valence-corrected chi connectivity index (χ1v) is 4.97. The zero-order valence-corrected chi connectivity index (χ0v) is 8.83. The molecule has 0 saturated heterocycles. The molecular weight excluding hydrogens is 146 g/mol. The van der Waals surface area contributed by atoms with Gasteiger partial charge in [0.2, 0.25) is 0 Å². The van der Waals surface area contributed by atoms with Crippen LogP contribution in [0.5, 0.6) is 0 Å². The average Bonchev–Trinajstić information content (AvgIpc) is 2.03. The van der Waals surface area contributed by atoms with Crippen molar-refractivity contribution in [3.8, 4) is 0 Å². The highest BCUT2D eigenvalue weighted by Crippen LogP contribution is 2.31. The first-order valence-electron chi connectivity index (χ1n) is 4.97. The Morgan fingerprint density at radius 3 is 2.42 bits per heavy atom. The lowest BCUT2D eigenvalue weighted by atomic mass is 9.80. The van der Waals surface area contributed by atoms with Crippen molar-refractivity contribution in [1.82, 2.24) is 5.32 Å². The minimum Gasteiger partial charge on any atom is -0.313 e. The number of hydrogen-bond donors (Lipinski definition) is 1. The molecule has 12 heavy (non-hydrogen) atoms. The van der Waals surface area contributed by atoms with Crippen LogP contribution in [0.1, 0.15) is 40.5 Å². The second-order valence-corrected chi connectivity index (χ2v) is 4.61. The maximum atomic E-state index is 3.45. The summed E-state index contributed by atoms with van der Waals surface area (Å²) in [6.45, 7) is 11.5. The molecule has 0 spiro atoms. The zero-order valence-electron chi connectivity index (χ0n) is 8.83. The molecule has 0 radical (unpaired) electrons. The Morgan fingerprint density at radius 1 is 1.33 bits per heavy atom. The Morgan fingerprint density at radius 2 is 2.00 bits per heavy atom. The van der Waals surface area contributed by atoms with Gasteiger partial charge in [0.05, 0.1) is 0 Å². The second kappa shape index (κ2) is 3.61. The van der Waals surface area contributed by atoms with Crippen LogP contribution in [0.4, 0.5) is 0 Å². The van der Waals surface area contributed by atoms with Gasteiger partial charge < -0.3 is 5.32 Å². The Labute approximate surface area is 76.2 Å². The summed E-state index contributed by atoms with van der Waals surface area (Å²) >= 11 is 0. The van der Waals surface area contributed by atoms with Crippen molar-refractivity contribution < 1.29 is 0 Å². The molecule has 0 fully saturated rings. The van der Waals surface area contributed by atoms with Crippen molar-refractivity contribution in [1.29, 1.82) is 0 Å². The van der Waals surface area contributed by atoms with Crippen molar-refractivity contribution in [2.24, 2.45) is 5.41 Å². The van der Waals surface area contributed by atoms with Gasteiger partial charge in [-0.05, 0) is 24.8 Å². The van der Waals surface area contributed by atoms with E-state index in [-0.39, 0.29) is 0 Å². The van der Waals surface area contributed by atoms with Crippen LogP contribution >= 0.6 is 0 Å². The second-order valence-electron chi connectivity index (χ2n) is 4.61. The Kier molecular flexibility index (Phi) is 2.94. The van der Waals surface area contributed by atoms with Gasteiger partial charge in [0, 0.05) is 6.54 Å². The predicted octanol–water partition coefficient (Wildman–Crippen LogP) is 2.73. The van der Waals surface area contributed by atoms with E-state index in [4.69, 9.17) is 0 Å². The smallest absolute Gasteiger partial charge is 0.0172 e. The minimum atomic E-state index is 0.360. The Bertz CT molecular complexity index is 184. The van der Waals surface area contributed by atoms with Crippen LogP contribution in [0, 0.1) is 5.41 Å². The molecule has 1 heterocycles. The van der Waals surface area contributed by atoms with Crippen LogP contribution in [-0.2, 0) is 0 Å². The molecule has 1 aliphatic heterocycles. The van der Waals surface area contributed by atoms with Crippen molar-refractivity contribution in [3.63, 3.8) is 0 Å². The van der Waals surface area contributed by atoms with Gasteiger partial charge in [0.25, 0.3) is 0 Å². The molecule has 0 amide bonds. The lowest BCUT2D eigenvalue weighted by Gasteiger charge is -2.30. The van der Waals surface area contributed by atoms with E-state index in [9.17, 15) is 0 Å². The first kappa shape index (κ1) is 9.79. The molecule has 70 valence electrons. The maximum Gasteiger partial charge on any atom is 0.0172 e. The molecule has 0 saturated carbocycles. The molecule has 1 rings (SSSR count). The van der Waals surface area contributed by atoms with E-state index in [0.29, 0.717) is 5.41 Å². The summed E-state index contributed by atoms with van der Waals surface area (Å²) in [6, 6.07) is 0. The lowest BCUT2D eigenvalue weighted by Crippen LogP contribution is -2.30. The van der Waals surface area contributed by atoms with Crippen LogP contribution in [0.2, 0.25) is 0 Å². The highest BCUT2D eigenvalue weighted by Gasteiger charge is 2.22. The monoisotopic (exact) mass is 167 g/mol. The van der Waals surface area contributed by atoms with Crippen molar-refractivity contribution >= 4 is 0 Å². The summed E-state index contributed by atoms with van der Waals surface area (Å²) in [7, 11) is 0. The number of rotatable bonds is 1. The molecule has 0 bridgehead atoms. The molecule has 0 aromatic carbocycles. The Hall–Kier alpha value is -0.300. The molecule has 0 aromatic heterocycles. The van der Waals surface area contributed by atoms with Crippen LogP contribution < -0.4 is 5.32 Å². The fourth-order valence-electron chi connectivity index (χ4n) is 1.91. The van der Waals surface area contributed by atoms with E-state index in [1.165, 1.54) is 19.4 Å². The topological polar surface area (TPSA) is 12.0 Å². The molecule has 1 nitrogen and oxygen atoms in total. The normalized spacial score (nSPS) is 20.0. The van der Waals surface area contributed by atoms with E-state index in [2.05, 4.69) is 33.0 Å². The van der Waals surface area contributed by atoms with Gasteiger partial charge in [-0.25, -0.2) is 0 Å². The average molecular weight is 167 g/mol. The largest absolute Gasteiger partial charge is 0.313 e. The van der Waals surface area contributed by atoms with E-state index in [1.54, 1.807) is 11.1 Å². The van der Waals surface area contributed by atoms with Gasteiger partial charge in [0.1, 0.15) is 0 Å². The molecule has 0 aliphatic carbocycles. The standard InChI is InChI=1S/C11H21N/c1-5-9-6-7-12-8-10(9)11(2,3)4/h12H,5-8H2,1-4H3. The Balaban J connectivity index is 2.87. The van der Waals surface area contributed by atoms with Crippen molar-refractivity contribution in [3.05, 3.63) is 11.1 Å². The van der Waals surface area contributed by atoms with Gasteiger partial charge in [-0.3, -0.25) is 0 Å². The molecule has 0 unspecified atom stereocenters.